The van der Waals surface area contributed by atoms with Crippen molar-refractivity contribution < 1.29 is 14.3 Å². The highest BCUT2D eigenvalue weighted by Crippen LogP contribution is 2.37. The van der Waals surface area contributed by atoms with Gasteiger partial charge in [0.25, 0.3) is 0 Å². The van der Waals surface area contributed by atoms with E-state index in [0.717, 1.165) is 24.5 Å². The summed E-state index contributed by atoms with van der Waals surface area (Å²) in [4.78, 5) is 24.1. The molecule has 0 unspecified atom stereocenters. The van der Waals surface area contributed by atoms with Gasteiger partial charge in [0.05, 0.1) is 17.4 Å². The zero-order valence-corrected chi connectivity index (χ0v) is 17.0. The van der Waals surface area contributed by atoms with Crippen molar-refractivity contribution in [3.63, 3.8) is 0 Å². The van der Waals surface area contributed by atoms with Crippen LogP contribution in [-0.4, -0.2) is 30.6 Å². The molecule has 2 heterocycles. The number of nitrogens with zero attached hydrogens (tertiary/aromatic N) is 4. The van der Waals surface area contributed by atoms with Gasteiger partial charge in [-0.05, 0) is 30.5 Å². The van der Waals surface area contributed by atoms with Gasteiger partial charge >= 0.3 is 5.97 Å². The average molecular weight is 433 g/mol. The molecule has 1 aliphatic rings. The number of benzene rings is 2. The number of nitrogens with one attached hydrogen (secondary N) is 1. The van der Waals surface area contributed by atoms with Crippen molar-refractivity contribution >= 4 is 16.9 Å². The number of carboxylic acids is 1. The van der Waals surface area contributed by atoms with E-state index in [2.05, 4.69) is 15.6 Å². The Kier molecular flexibility index (Phi) is 5.02. The SMILES string of the molecule is O=C(O)c1cn(C2CC2)c2cc(-n3cc(CNCc4ccccc4)nn3)c(F)cc2c1=O. The average Bonchev–Trinajstić information content (AvgIpc) is 3.52. The number of carboxylic acid groups (broad SMARTS) is 1. The smallest absolute Gasteiger partial charge is 0.341 e. The van der Waals surface area contributed by atoms with Crippen LogP contribution in [0.25, 0.3) is 16.6 Å². The number of fused-ring (bicyclic) bond motifs is 1. The number of hydrogen-bond donors (Lipinski definition) is 2. The molecule has 0 spiro atoms. The molecule has 0 saturated heterocycles. The molecule has 4 aromatic rings. The molecule has 0 atom stereocenters. The number of halogens is 1. The molecule has 1 saturated carbocycles. The first-order valence-electron chi connectivity index (χ1n) is 10.3. The third-order valence-electron chi connectivity index (χ3n) is 5.54. The second-order valence-corrected chi connectivity index (χ2v) is 7.88. The van der Waals surface area contributed by atoms with Crippen LogP contribution in [-0.2, 0) is 13.1 Å². The molecule has 0 amide bonds. The van der Waals surface area contributed by atoms with Crippen molar-refractivity contribution in [3.05, 3.63) is 87.7 Å². The number of carbonyl (C=O) groups is 1. The maximum absolute atomic E-state index is 14.9. The Labute approximate surface area is 181 Å². The van der Waals surface area contributed by atoms with E-state index in [9.17, 15) is 19.1 Å². The van der Waals surface area contributed by atoms with Crippen LogP contribution in [0.4, 0.5) is 4.39 Å². The minimum atomic E-state index is -1.32. The van der Waals surface area contributed by atoms with Crippen molar-refractivity contribution in [1.82, 2.24) is 24.9 Å². The minimum absolute atomic E-state index is 0.0444. The summed E-state index contributed by atoms with van der Waals surface area (Å²) < 4.78 is 18.0. The van der Waals surface area contributed by atoms with Gasteiger partial charge in [-0.25, -0.2) is 13.9 Å². The number of rotatable bonds is 7. The molecule has 162 valence electrons. The fourth-order valence-electron chi connectivity index (χ4n) is 3.77. The van der Waals surface area contributed by atoms with Crippen LogP contribution in [0.15, 0.2) is 59.7 Å². The van der Waals surface area contributed by atoms with Gasteiger partial charge < -0.3 is 15.0 Å². The molecule has 8 nitrogen and oxygen atoms in total. The van der Waals surface area contributed by atoms with Gasteiger partial charge in [0, 0.05) is 30.7 Å². The van der Waals surface area contributed by atoms with Crippen molar-refractivity contribution in [2.75, 3.05) is 0 Å². The summed E-state index contributed by atoms with van der Waals surface area (Å²) in [6.45, 7) is 1.12. The lowest BCUT2D eigenvalue weighted by molar-refractivity contribution is 0.0695. The summed E-state index contributed by atoms with van der Waals surface area (Å²) in [6, 6.07) is 12.7. The van der Waals surface area contributed by atoms with E-state index in [4.69, 9.17) is 0 Å². The second kappa shape index (κ2) is 8.01. The van der Waals surface area contributed by atoms with Crippen molar-refractivity contribution in [2.45, 2.75) is 32.0 Å². The van der Waals surface area contributed by atoms with Crippen molar-refractivity contribution in [2.24, 2.45) is 0 Å². The molecule has 5 rings (SSSR count). The van der Waals surface area contributed by atoms with Crippen LogP contribution >= 0.6 is 0 Å². The van der Waals surface area contributed by atoms with Crippen LogP contribution in [0.3, 0.4) is 0 Å². The monoisotopic (exact) mass is 433 g/mol. The number of hydrogen-bond acceptors (Lipinski definition) is 5. The van der Waals surface area contributed by atoms with Crippen LogP contribution < -0.4 is 10.7 Å². The molecular formula is C23H20FN5O3. The molecule has 2 aromatic carbocycles. The zero-order valence-electron chi connectivity index (χ0n) is 17.0. The minimum Gasteiger partial charge on any atom is -0.477 e. The van der Waals surface area contributed by atoms with E-state index in [0.29, 0.717) is 24.3 Å². The van der Waals surface area contributed by atoms with E-state index < -0.39 is 17.2 Å². The molecule has 0 aliphatic heterocycles. The summed E-state index contributed by atoms with van der Waals surface area (Å²) in [5.74, 6) is -1.99. The normalized spacial score (nSPS) is 13.5. The maximum Gasteiger partial charge on any atom is 0.341 e. The first-order chi connectivity index (χ1) is 15.5. The highest BCUT2D eigenvalue weighted by atomic mass is 19.1. The molecule has 1 aliphatic carbocycles. The first kappa shape index (κ1) is 20.1. The van der Waals surface area contributed by atoms with Gasteiger partial charge in [-0.2, -0.15) is 0 Å². The summed E-state index contributed by atoms with van der Waals surface area (Å²) in [5.41, 5.74) is 1.36. The lowest BCUT2D eigenvalue weighted by Crippen LogP contribution is -2.19. The lowest BCUT2D eigenvalue weighted by Gasteiger charge is -2.13. The largest absolute Gasteiger partial charge is 0.477 e. The Balaban J connectivity index is 1.46. The molecule has 1 fully saturated rings. The number of pyridine rings is 1. The van der Waals surface area contributed by atoms with Gasteiger partial charge in [-0.1, -0.05) is 35.5 Å². The predicted octanol–water partition coefficient (Wildman–Crippen LogP) is 3.04. The van der Waals surface area contributed by atoms with Crippen LogP contribution in [0.1, 0.15) is 40.5 Å². The Hall–Kier alpha value is -3.85. The van der Waals surface area contributed by atoms with E-state index in [-0.39, 0.29) is 22.7 Å². The first-order valence-corrected chi connectivity index (χ1v) is 10.3. The molecule has 2 aromatic heterocycles. The predicted molar refractivity (Wildman–Crippen MR) is 115 cm³/mol. The summed E-state index contributed by atoms with van der Waals surface area (Å²) in [5, 5.41) is 20.8. The van der Waals surface area contributed by atoms with Crippen LogP contribution in [0.2, 0.25) is 0 Å². The summed E-state index contributed by atoms with van der Waals surface area (Å²) in [6.07, 6.45) is 4.74. The third kappa shape index (κ3) is 3.78. The van der Waals surface area contributed by atoms with E-state index >= 15 is 0 Å². The Morgan fingerprint density at radius 1 is 1.16 bits per heavy atom. The fourth-order valence-corrected chi connectivity index (χ4v) is 3.77. The quantitative estimate of drug-likeness (QED) is 0.465. The number of aromatic nitrogens is 4. The Morgan fingerprint density at radius 2 is 1.94 bits per heavy atom. The molecule has 0 bridgehead atoms. The highest BCUT2D eigenvalue weighted by molar-refractivity contribution is 5.93. The van der Waals surface area contributed by atoms with Gasteiger partial charge in [0.1, 0.15) is 17.1 Å². The van der Waals surface area contributed by atoms with Gasteiger partial charge in [0.2, 0.25) is 5.43 Å². The van der Waals surface area contributed by atoms with Crippen LogP contribution in [0.5, 0.6) is 0 Å². The van der Waals surface area contributed by atoms with Gasteiger partial charge in [-0.3, -0.25) is 4.79 Å². The van der Waals surface area contributed by atoms with Crippen LogP contribution in [0, 0.1) is 5.82 Å². The fraction of sp³-hybridized carbons (Fsp3) is 0.217. The highest BCUT2D eigenvalue weighted by Gasteiger charge is 2.27. The van der Waals surface area contributed by atoms with Gasteiger partial charge in [-0.15, -0.1) is 5.10 Å². The summed E-state index contributed by atoms with van der Waals surface area (Å²) in [7, 11) is 0. The maximum atomic E-state index is 14.9. The third-order valence-corrected chi connectivity index (χ3v) is 5.54. The topological polar surface area (TPSA) is 102 Å². The summed E-state index contributed by atoms with van der Waals surface area (Å²) >= 11 is 0. The van der Waals surface area contributed by atoms with E-state index in [1.54, 1.807) is 10.8 Å². The number of aromatic carboxylic acids is 1. The van der Waals surface area contributed by atoms with Crippen molar-refractivity contribution in [3.8, 4) is 5.69 Å². The second-order valence-electron chi connectivity index (χ2n) is 7.88. The molecule has 32 heavy (non-hydrogen) atoms. The Bertz CT molecular complexity index is 1380. The van der Waals surface area contributed by atoms with Crippen molar-refractivity contribution in [1.29, 1.82) is 0 Å². The molecule has 2 N–H and O–H groups in total. The Morgan fingerprint density at radius 3 is 2.66 bits per heavy atom. The zero-order chi connectivity index (χ0) is 22.2. The van der Waals surface area contributed by atoms with Gasteiger partial charge in [0.15, 0.2) is 0 Å². The van der Waals surface area contributed by atoms with E-state index in [1.165, 1.54) is 16.9 Å². The standard InChI is InChI=1S/C23H20FN5O3/c24-19-8-17-20(28(16-6-7-16)13-18(22(17)30)23(31)32)9-21(19)29-12-15(26-27-29)11-25-10-14-4-2-1-3-5-14/h1-5,8-9,12-13,16,25H,6-7,10-11H2,(H,31,32). The molecule has 9 heteroatoms. The molecular weight excluding hydrogens is 413 g/mol. The lowest BCUT2D eigenvalue weighted by atomic mass is 10.1. The molecule has 0 radical (unpaired) electrons. The van der Waals surface area contributed by atoms with E-state index in [1.807, 2.05) is 30.3 Å².